The van der Waals surface area contributed by atoms with Crippen molar-refractivity contribution in [1.82, 2.24) is 24.5 Å². The summed E-state index contributed by atoms with van der Waals surface area (Å²) >= 11 is 0. The summed E-state index contributed by atoms with van der Waals surface area (Å²) in [5.74, 6) is 0.510. The first-order valence-electron chi connectivity index (χ1n) is 7.14. The van der Waals surface area contributed by atoms with E-state index in [1.807, 2.05) is 14.1 Å². The molecule has 10 heteroatoms. The molecule has 4 atom stereocenters. The minimum atomic E-state index is -1.60. The Bertz CT molecular complexity index is 703. The van der Waals surface area contributed by atoms with Crippen LogP contribution in [-0.4, -0.2) is 78.4 Å². The maximum absolute atomic E-state index is 10.6. The number of aliphatic hydroxyl groups excluding tert-OH is 2. The topological polar surface area (TPSA) is 129 Å². The lowest BCUT2D eigenvalue weighted by Crippen LogP contribution is -2.44. The Morgan fingerprint density at radius 3 is 2.74 bits per heavy atom. The molecule has 0 spiro atoms. The summed E-state index contributed by atoms with van der Waals surface area (Å²) in [4.78, 5) is 12.6. The number of hydrazine groups is 1. The summed E-state index contributed by atoms with van der Waals surface area (Å²) in [6.45, 7) is 1.05. The van der Waals surface area contributed by atoms with Gasteiger partial charge in [0.15, 0.2) is 23.2 Å². The number of nitrogens with zero attached hydrogens (tertiary/aromatic N) is 5. The zero-order chi connectivity index (χ0) is 16.8. The second-order valence-electron chi connectivity index (χ2n) is 5.93. The molecule has 0 aliphatic carbocycles. The Kier molecular flexibility index (Phi) is 3.94. The van der Waals surface area contributed by atoms with Gasteiger partial charge in [-0.05, 0) is 6.92 Å². The van der Waals surface area contributed by atoms with Crippen molar-refractivity contribution in [3.63, 3.8) is 0 Å². The number of fused-ring (bicyclic) bond motifs is 1. The van der Waals surface area contributed by atoms with Gasteiger partial charge in [-0.15, -0.1) is 0 Å². The van der Waals surface area contributed by atoms with Gasteiger partial charge in [-0.3, -0.25) is 4.57 Å². The zero-order valence-corrected chi connectivity index (χ0v) is 13.1. The van der Waals surface area contributed by atoms with Crippen molar-refractivity contribution >= 4 is 17.0 Å². The van der Waals surface area contributed by atoms with Crippen LogP contribution in [0, 0.1) is 0 Å². The van der Waals surface area contributed by atoms with E-state index in [4.69, 9.17) is 4.74 Å². The summed E-state index contributed by atoms with van der Waals surface area (Å²) in [5.41, 5.74) is 2.37. The average Bonchev–Trinajstić information content (AvgIpc) is 3.00. The van der Waals surface area contributed by atoms with Gasteiger partial charge in [0.2, 0.25) is 0 Å². The molecule has 4 N–H and O–H groups in total. The van der Waals surface area contributed by atoms with E-state index in [0.717, 1.165) is 0 Å². The van der Waals surface area contributed by atoms with Gasteiger partial charge >= 0.3 is 0 Å². The van der Waals surface area contributed by atoms with Gasteiger partial charge in [0, 0.05) is 14.1 Å². The summed E-state index contributed by atoms with van der Waals surface area (Å²) in [6, 6.07) is 0. The molecule has 2 unspecified atom stereocenters. The standard InChI is InChI=1S/C13H20N6O4/c1-13(22)9(21)7(4-20)23-12(13)19-6-16-8-10(17-18(2)3)14-5-15-11(8)19/h5-7,9,12,20-22H,4H2,1-3H3,(H,14,15,17)/t7-,9?,12-,13?/m1/s1. The van der Waals surface area contributed by atoms with Crippen LogP contribution in [-0.2, 0) is 4.74 Å². The number of rotatable bonds is 4. The molecular formula is C13H20N6O4. The molecule has 0 bridgehead atoms. The Balaban J connectivity index is 2.04. The molecule has 3 rings (SSSR count). The molecule has 3 heterocycles. The maximum Gasteiger partial charge on any atom is 0.172 e. The van der Waals surface area contributed by atoms with Crippen LogP contribution in [0.25, 0.3) is 11.2 Å². The van der Waals surface area contributed by atoms with Crippen LogP contribution < -0.4 is 5.43 Å². The molecule has 0 saturated carbocycles. The van der Waals surface area contributed by atoms with Crippen LogP contribution >= 0.6 is 0 Å². The van der Waals surface area contributed by atoms with E-state index < -0.39 is 30.6 Å². The number of hydrogen-bond donors (Lipinski definition) is 4. The van der Waals surface area contributed by atoms with E-state index in [0.29, 0.717) is 17.0 Å². The Morgan fingerprint density at radius 1 is 1.39 bits per heavy atom. The highest BCUT2D eigenvalue weighted by Crippen LogP contribution is 2.39. The summed E-state index contributed by atoms with van der Waals surface area (Å²) in [6.07, 6.45) is -0.200. The lowest BCUT2D eigenvalue weighted by molar-refractivity contribution is -0.0950. The van der Waals surface area contributed by atoms with Crippen LogP contribution in [0.4, 0.5) is 5.82 Å². The second-order valence-corrected chi connectivity index (χ2v) is 5.93. The highest BCUT2D eigenvalue weighted by molar-refractivity contribution is 5.82. The molecule has 2 aromatic rings. The van der Waals surface area contributed by atoms with Gasteiger partial charge in [-0.2, -0.15) is 0 Å². The first-order chi connectivity index (χ1) is 10.9. The number of hydrogen-bond acceptors (Lipinski definition) is 9. The minimum Gasteiger partial charge on any atom is -0.394 e. The van der Waals surface area contributed by atoms with E-state index in [2.05, 4.69) is 20.4 Å². The molecule has 1 aliphatic heterocycles. The van der Waals surface area contributed by atoms with E-state index >= 15 is 0 Å². The van der Waals surface area contributed by atoms with Crippen molar-refractivity contribution in [2.45, 2.75) is 31.0 Å². The quantitative estimate of drug-likeness (QED) is 0.508. The second kappa shape index (κ2) is 5.65. The van der Waals surface area contributed by atoms with Crippen molar-refractivity contribution in [1.29, 1.82) is 0 Å². The molecule has 1 saturated heterocycles. The summed E-state index contributed by atoms with van der Waals surface area (Å²) < 4.78 is 7.12. The van der Waals surface area contributed by atoms with Crippen LogP contribution in [0.5, 0.6) is 0 Å². The van der Waals surface area contributed by atoms with Crippen molar-refractivity contribution in [2.24, 2.45) is 0 Å². The normalized spacial score (nSPS) is 31.2. The fraction of sp³-hybridized carbons (Fsp3) is 0.615. The fourth-order valence-electron chi connectivity index (χ4n) is 2.71. The largest absolute Gasteiger partial charge is 0.394 e. The summed E-state index contributed by atoms with van der Waals surface area (Å²) in [5, 5.41) is 31.7. The first kappa shape index (κ1) is 16.0. The van der Waals surface area contributed by atoms with Gasteiger partial charge in [0.25, 0.3) is 0 Å². The molecule has 0 amide bonds. The van der Waals surface area contributed by atoms with Gasteiger partial charge in [-0.25, -0.2) is 20.0 Å². The number of nitrogens with one attached hydrogen (secondary N) is 1. The highest BCUT2D eigenvalue weighted by Gasteiger charge is 2.53. The number of aromatic nitrogens is 4. The molecule has 1 aliphatic rings. The monoisotopic (exact) mass is 324 g/mol. The first-order valence-corrected chi connectivity index (χ1v) is 7.14. The van der Waals surface area contributed by atoms with Crippen molar-refractivity contribution < 1.29 is 20.1 Å². The maximum atomic E-state index is 10.6. The van der Waals surface area contributed by atoms with Crippen LogP contribution in [0.3, 0.4) is 0 Å². The number of anilines is 1. The van der Waals surface area contributed by atoms with Crippen LogP contribution in [0.1, 0.15) is 13.2 Å². The molecule has 23 heavy (non-hydrogen) atoms. The molecule has 2 aromatic heterocycles. The van der Waals surface area contributed by atoms with Crippen molar-refractivity contribution in [3.8, 4) is 0 Å². The molecule has 126 valence electrons. The molecule has 1 fully saturated rings. The lowest BCUT2D eigenvalue weighted by Gasteiger charge is -2.27. The van der Waals surface area contributed by atoms with E-state index in [1.165, 1.54) is 24.1 Å². The summed E-state index contributed by atoms with van der Waals surface area (Å²) in [7, 11) is 3.63. The number of ether oxygens (including phenoxy) is 1. The average molecular weight is 324 g/mol. The van der Waals surface area contributed by atoms with E-state index in [9.17, 15) is 15.3 Å². The molecule has 10 nitrogen and oxygen atoms in total. The van der Waals surface area contributed by atoms with Crippen LogP contribution in [0.2, 0.25) is 0 Å². The van der Waals surface area contributed by atoms with Crippen molar-refractivity contribution in [3.05, 3.63) is 12.7 Å². The van der Waals surface area contributed by atoms with Gasteiger partial charge in [-0.1, -0.05) is 0 Å². The number of aliphatic hydroxyl groups is 3. The fourth-order valence-corrected chi connectivity index (χ4v) is 2.71. The minimum absolute atomic E-state index is 0.400. The zero-order valence-electron chi connectivity index (χ0n) is 13.1. The van der Waals surface area contributed by atoms with Gasteiger partial charge in [0.1, 0.15) is 24.1 Å². The van der Waals surface area contributed by atoms with E-state index in [1.54, 1.807) is 5.01 Å². The lowest BCUT2D eigenvalue weighted by atomic mass is 9.96. The smallest absolute Gasteiger partial charge is 0.172 e. The van der Waals surface area contributed by atoms with E-state index in [-0.39, 0.29) is 0 Å². The third-order valence-electron chi connectivity index (χ3n) is 3.88. The highest BCUT2D eigenvalue weighted by atomic mass is 16.6. The third kappa shape index (κ3) is 2.54. The Labute approximate surface area is 132 Å². The van der Waals surface area contributed by atoms with Crippen molar-refractivity contribution in [2.75, 3.05) is 26.1 Å². The molecular weight excluding hydrogens is 304 g/mol. The predicted octanol–water partition coefficient (Wildman–Crippen LogP) is -1.28. The predicted molar refractivity (Wildman–Crippen MR) is 80.3 cm³/mol. The molecule has 0 aromatic carbocycles. The SMILES string of the molecule is CN(C)Nc1ncnc2c1ncn2[C@@H]1O[C@H](CO)C(O)C1(C)O. The van der Waals surface area contributed by atoms with Gasteiger partial charge < -0.3 is 25.5 Å². The Morgan fingerprint density at radius 2 is 2.13 bits per heavy atom. The Hall–Kier alpha value is -1.85. The molecule has 0 radical (unpaired) electrons. The van der Waals surface area contributed by atoms with Crippen LogP contribution in [0.15, 0.2) is 12.7 Å². The third-order valence-corrected chi connectivity index (χ3v) is 3.88. The van der Waals surface area contributed by atoms with Gasteiger partial charge in [0.05, 0.1) is 12.9 Å². The number of imidazole rings is 1.